The van der Waals surface area contributed by atoms with Crippen LogP contribution in [0.2, 0.25) is 10.2 Å². The van der Waals surface area contributed by atoms with Gasteiger partial charge in [0.1, 0.15) is 5.15 Å². The number of rotatable bonds is 4. The Labute approximate surface area is 193 Å². The maximum absolute atomic E-state index is 13.0. The Morgan fingerprint density at radius 3 is 2.27 bits per heavy atom. The van der Waals surface area contributed by atoms with Gasteiger partial charge in [-0.15, -0.1) is 0 Å². The molecular weight excluding hydrogens is 495 g/mol. The molecule has 1 aromatic heterocycles. The molecule has 3 rings (SSSR count). The largest absolute Gasteiger partial charge is 0.416 e. The zero-order valence-electron chi connectivity index (χ0n) is 16.5. The second-order valence-electron chi connectivity index (χ2n) is 6.76. The topological polar surface area (TPSA) is 46.9 Å². The lowest BCUT2D eigenvalue weighted by Crippen LogP contribution is -2.11. The molecule has 174 valence electrons. The van der Waals surface area contributed by atoms with Crippen LogP contribution in [0.4, 0.5) is 32.0 Å². The monoisotopic (exact) mass is 507 g/mol. The highest BCUT2D eigenvalue weighted by Crippen LogP contribution is 2.34. The summed E-state index contributed by atoms with van der Waals surface area (Å²) in [4.78, 5) is 12.2. The number of carbonyl (C=O) groups is 1. The molecule has 0 saturated heterocycles. The van der Waals surface area contributed by atoms with Gasteiger partial charge in [0, 0.05) is 11.6 Å². The van der Waals surface area contributed by atoms with E-state index >= 15 is 0 Å². The molecule has 0 atom stereocenters. The van der Waals surface area contributed by atoms with Crippen molar-refractivity contribution in [2.45, 2.75) is 19.3 Å². The summed E-state index contributed by atoms with van der Waals surface area (Å²) >= 11 is 12.1. The standard InChI is InChI=1S/C21H13Cl2F6N3O/c1-11-15(19(23)32(31-11)14-4-2-3-12(9-14)20(24,25)26)6-8-18(33)30-17-10-13(21(27,28)29)5-7-16(17)22/h2-10H,1H3,(H,30,33)/b8-6+. The predicted molar refractivity (Wildman–Crippen MR) is 112 cm³/mol. The number of alkyl halides is 6. The van der Waals surface area contributed by atoms with Crippen LogP contribution < -0.4 is 5.32 Å². The molecule has 3 aromatic rings. The van der Waals surface area contributed by atoms with Crippen molar-refractivity contribution < 1.29 is 31.1 Å². The van der Waals surface area contributed by atoms with E-state index in [0.29, 0.717) is 11.8 Å². The second-order valence-corrected chi connectivity index (χ2v) is 7.53. The van der Waals surface area contributed by atoms with Gasteiger partial charge >= 0.3 is 12.4 Å². The highest BCUT2D eigenvalue weighted by molar-refractivity contribution is 6.34. The second kappa shape index (κ2) is 9.11. The third-order valence-electron chi connectivity index (χ3n) is 4.42. The fraction of sp³-hybridized carbons (Fsp3) is 0.143. The molecule has 0 fully saturated rings. The summed E-state index contributed by atoms with van der Waals surface area (Å²) in [5, 5.41) is 6.19. The Kier molecular flexibility index (Phi) is 6.80. The Bertz CT molecular complexity index is 1230. The number of carbonyl (C=O) groups excluding carboxylic acids is 1. The van der Waals surface area contributed by atoms with E-state index in [2.05, 4.69) is 10.4 Å². The first-order valence-corrected chi connectivity index (χ1v) is 9.81. The van der Waals surface area contributed by atoms with Gasteiger partial charge in [-0.25, -0.2) is 4.68 Å². The minimum absolute atomic E-state index is 0.0535. The van der Waals surface area contributed by atoms with E-state index in [-0.39, 0.29) is 27.1 Å². The van der Waals surface area contributed by atoms with Gasteiger partial charge in [-0.1, -0.05) is 29.3 Å². The molecule has 0 unspecified atom stereocenters. The summed E-state index contributed by atoms with van der Waals surface area (Å²) in [5.41, 5.74) is -1.54. The summed E-state index contributed by atoms with van der Waals surface area (Å²) in [6, 6.07) is 6.82. The summed E-state index contributed by atoms with van der Waals surface area (Å²) in [6.07, 6.45) is -6.95. The molecule has 0 aliphatic carbocycles. The Hall–Kier alpha value is -2.98. The van der Waals surface area contributed by atoms with Gasteiger partial charge in [-0.2, -0.15) is 31.4 Å². The van der Waals surface area contributed by atoms with Crippen LogP contribution in [0.1, 0.15) is 22.4 Å². The molecule has 12 heteroatoms. The van der Waals surface area contributed by atoms with Crippen LogP contribution in [-0.2, 0) is 17.1 Å². The van der Waals surface area contributed by atoms with Crippen LogP contribution >= 0.6 is 23.2 Å². The number of aryl methyl sites for hydroxylation is 1. The summed E-state index contributed by atoms with van der Waals surface area (Å²) in [5.74, 6) is -0.807. The van der Waals surface area contributed by atoms with Crippen molar-refractivity contribution in [3.8, 4) is 5.69 Å². The van der Waals surface area contributed by atoms with E-state index in [1.54, 1.807) is 0 Å². The number of aromatic nitrogens is 2. The van der Waals surface area contributed by atoms with Gasteiger partial charge in [-0.3, -0.25) is 4.79 Å². The Morgan fingerprint density at radius 1 is 1.00 bits per heavy atom. The average molecular weight is 508 g/mol. The number of hydrogen-bond acceptors (Lipinski definition) is 2. The van der Waals surface area contributed by atoms with Crippen LogP contribution in [0.25, 0.3) is 11.8 Å². The van der Waals surface area contributed by atoms with Gasteiger partial charge in [-0.05, 0) is 49.4 Å². The maximum atomic E-state index is 13.0. The van der Waals surface area contributed by atoms with Crippen LogP contribution in [0.15, 0.2) is 48.5 Å². The third kappa shape index (κ3) is 5.69. The quantitative estimate of drug-likeness (QED) is 0.300. The molecule has 2 aromatic carbocycles. The first kappa shape index (κ1) is 24.7. The predicted octanol–water partition coefficient (Wildman–Crippen LogP) is 7.18. The van der Waals surface area contributed by atoms with E-state index in [9.17, 15) is 31.1 Å². The first-order chi connectivity index (χ1) is 15.3. The minimum atomic E-state index is -4.62. The van der Waals surface area contributed by atoms with Crippen molar-refractivity contribution in [3.05, 3.63) is 81.1 Å². The van der Waals surface area contributed by atoms with E-state index in [1.807, 2.05) is 0 Å². The first-order valence-electron chi connectivity index (χ1n) is 9.06. The number of benzene rings is 2. The molecule has 0 saturated carbocycles. The van der Waals surface area contributed by atoms with Crippen LogP contribution in [-0.4, -0.2) is 15.7 Å². The molecular formula is C21H13Cl2F6N3O. The molecule has 1 N–H and O–H groups in total. The van der Waals surface area contributed by atoms with E-state index in [1.165, 1.54) is 25.1 Å². The SMILES string of the molecule is Cc1nn(-c2cccc(C(F)(F)F)c2)c(Cl)c1/C=C/C(=O)Nc1cc(C(F)(F)F)ccc1Cl. The molecule has 4 nitrogen and oxygen atoms in total. The van der Waals surface area contributed by atoms with Crippen LogP contribution in [0.3, 0.4) is 0 Å². The Balaban J connectivity index is 1.85. The summed E-state index contributed by atoms with van der Waals surface area (Å²) in [6.45, 7) is 1.53. The molecule has 33 heavy (non-hydrogen) atoms. The smallest absolute Gasteiger partial charge is 0.321 e. The van der Waals surface area contributed by atoms with Crippen molar-refractivity contribution in [2.24, 2.45) is 0 Å². The minimum Gasteiger partial charge on any atom is -0.321 e. The van der Waals surface area contributed by atoms with Gasteiger partial charge < -0.3 is 5.32 Å². The van der Waals surface area contributed by atoms with Gasteiger partial charge in [0.2, 0.25) is 5.91 Å². The molecule has 1 amide bonds. The highest BCUT2D eigenvalue weighted by Gasteiger charge is 2.32. The summed E-state index contributed by atoms with van der Waals surface area (Å²) < 4.78 is 78.6. The lowest BCUT2D eigenvalue weighted by molar-refractivity contribution is -0.138. The van der Waals surface area contributed by atoms with Crippen LogP contribution in [0.5, 0.6) is 0 Å². The van der Waals surface area contributed by atoms with E-state index < -0.39 is 29.4 Å². The third-order valence-corrected chi connectivity index (χ3v) is 5.11. The molecule has 0 aliphatic rings. The van der Waals surface area contributed by atoms with Crippen molar-refractivity contribution >= 4 is 40.9 Å². The number of nitrogens with zero attached hydrogens (tertiary/aromatic N) is 2. The Morgan fingerprint density at radius 2 is 1.64 bits per heavy atom. The number of anilines is 1. The molecule has 1 heterocycles. The fourth-order valence-corrected chi connectivity index (χ4v) is 3.32. The van der Waals surface area contributed by atoms with Gasteiger partial charge in [0.15, 0.2) is 0 Å². The van der Waals surface area contributed by atoms with Gasteiger partial charge in [0.05, 0.1) is 33.2 Å². The van der Waals surface area contributed by atoms with Crippen LogP contribution in [0, 0.1) is 6.92 Å². The number of halogens is 8. The van der Waals surface area contributed by atoms with Crippen molar-refractivity contribution in [3.63, 3.8) is 0 Å². The van der Waals surface area contributed by atoms with Crippen molar-refractivity contribution in [2.75, 3.05) is 5.32 Å². The van der Waals surface area contributed by atoms with Crippen molar-refractivity contribution in [1.29, 1.82) is 0 Å². The zero-order valence-corrected chi connectivity index (χ0v) is 18.0. The van der Waals surface area contributed by atoms with E-state index in [4.69, 9.17) is 23.2 Å². The van der Waals surface area contributed by atoms with Crippen molar-refractivity contribution in [1.82, 2.24) is 9.78 Å². The molecule has 0 bridgehead atoms. The van der Waals surface area contributed by atoms with Gasteiger partial charge in [0.25, 0.3) is 0 Å². The number of hydrogen-bond donors (Lipinski definition) is 1. The normalized spacial score (nSPS) is 12.4. The summed E-state index contributed by atoms with van der Waals surface area (Å²) in [7, 11) is 0. The maximum Gasteiger partial charge on any atom is 0.416 e. The fourth-order valence-electron chi connectivity index (χ4n) is 2.82. The lowest BCUT2D eigenvalue weighted by Gasteiger charge is -2.10. The molecule has 0 aliphatic heterocycles. The average Bonchev–Trinajstić information content (AvgIpc) is 3.00. The number of amides is 1. The molecule has 0 radical (unpaired) electrons. The van der Waals surface area contributed by atoms with E-state index in [0.717, 1.165) is 35.0 Å². The number of nitrogens with one attached hydrogen (secondary N) is 1. The molecule has 0 spiro atoms. The lowest BCUT2D eigenvalue weighted by atomic mass is 10.2. The zero-order chi connectivity index (χ0) is 24.6. The highest BCUT2D eigenvalue weighted by atomic mass is 35.5.